The number of rotatable bonds is 2. The number of piperazine rings is 1. The highest BCUT2D eigenvalue weighted by Crippen LogP contribution is 2.21. The Bertz CT molecular complexity index is 929. The molecule has 2 aromatic heterocycles. The van der Waals surface area contributed by atoms with Crippen molar-refractivity contribution in [1.29, 1.82) is 0 Å². The molecule has 0 spiro atoms. The van der Waals surface area contributed by atoms with Crippen LogP contribution >= 0.6 is 0 Å². The molecule has 1 saturated heterocycles. The number of fused-ring (bicyclic) bond motifs is 1. The maximum Gasteiger partial charge on any atom is 0.276 e. The molecule has 7 nitrogen and oxygen atoms in total. The molecule has 1 fully saturated rings. The van der Waals surface area contributed by atoms with Crippen LogP contribution in [0.3, 0.4) is 0 Å². The molecule has 3 heterocycles. The molecule has 0 aliphatic carbocycles. The highest BCUT2D eigenvalue weighted by Gasteiger charge is 2.26. The Morgan fingerprint density at radius 3 is 2.96 bits per heavy atom. The Morgan fingerprint density at radius 2 is 2.12 bits per heavy atom. The molecule has 1 aliphatic heterocycles. The fourth-order valence-electron chi connectivity index (χ4n) is 3.28. The quantitative estimate of drug-likeness (QED) is 0.768. The standard InChI is InChI=1S/C18H20N6O/c1-12-11-23(10-9-19-12)18(25)16-13(2)24(22-21-16)15-7-3-5-14-6-4-8-20-17(14)15/h3-8,12,19H,9-11H2,1-2H3. The van der Waals surface area contributed by atoms with E-state index in [1.807, 2.05) is 42.2 Å². The largest absolute Gasteiger partial charge is 0.334 e. The predicted octanol–water partition coefficient (Wildman–Crippen LogP) is 1.56. The van der Waals surface area contributed by atoms with E-state index in [2.05, 4.69) is 27.5 Å². The van der Waals surface area contributed by atoms with Crippen LogP contribution in [-0.4, -0.2) is 56.5 Å². The van der Waals surface area contributed by atoms with Crippen LogP contribution < -0.4 is 5.32 Å². The number of carbonyl (C=O) groups excluding carboxylic acids is 1. The number of para-hydroxylation sites is 1. The normalized spacial score (nSPS) is 17.8. The fourth-order valence-corrected chi connectivity index (χ4v) is 3.28. The lowest BCUT2D eigenvalue weighted by Crippen LogP contribution is -2.51. The molecule has 4 rings (SSSR count). The van der Waals surface area contributed by atoms with E-state index >= 15 is 0 Å². The molecule has 3 aromatic rings. The average molecular weight is 336 g/mol. The van der Waals surface area contributed by atoms with Crippen molar-refractivity contribution in [2.45, 2.75) is 19.9 Å². The number of pyridine rings is 1. The van der Waals surface area contributed by atoms with E-state index in [0.29, 0.717) is 18.8 Å². The number of hydrogen-bond donors (Lipinski definition) is 1. The first-order chi connectivity index (χ1) is 12.1. The van der Waals surface area contributed by atoms with Gasteiger partial charge in [0.15, 0.2) is 5.69 Å². The lowest BCUT2D eigenvalue weighted by atomic mass is 10.2. The van der Waals surface area contributed by atoms with Crippen molar-refractivity contribution in [2.75, 3.05) is 19.6 Å². The van der Waals surface area contributed by atoms with Gasteiger partial charge in [0.1, 0.15) is 0 Å². The summed E-state index contributed by atoms with van der Waals surface area (Å²) in [5.41, 5.74) is 2.81. The van der Waals surface area contributed by atoms with Gasteiger partial charge in [-0.1, -0.05) is 23.4 Å². The van der Waals surface area contributed by atoms with Gasteiger partial charge in [0.05, 0.1) is 16.9 Å². The molecule has 1 amide bonds. The predicted molar refractivity (Wildman–Crippen MR) is 94.8 cm³/mol. The molecule has 1 aliphatic rings. The molecular formula is C18H20N6O. The van der Waals surface area contributed by atoms with Crippen LogP contribution in [0.5, 0.6) is 0 Å². The van der Waals surface area contributed by atoms with Crippen LogP contribution in [0.2, 0.25) is 0 Å². The Kier molecular flexibility index (Phi) is 3.93. The van der Waals surface area contributed by atoms with Gasteiger partial charge >= 0.3 is 0 Å². The van der Waals surface area contributed by atoms with E-state index < -0.39 is 0 Å². The van der Waals surface area contributed by atoms with Crippen LogP contribution in [0.25, 0.3) is 16.6 Å². The number of aromatic nitrogens is 4. The summed E-state index contributed by atoms with van der Waals surface area (Å²) in [6, 6.07) is 10.1. The van der Waals surface area contributed by atoms with Gasteiger partial charge in [-0.15, -0.1) is 5.10 Å². The fraction of sp³-hybridized carbons (Fsp3) is 0.333. The van der Waals surface area contributed by atoms with E-state index in [4.69, 9.17) is 0 Å². The van der Waals surface area contributed by atoms with Gasteiger partial charge in [-0.25, -0.2) is 4.68 Å². The third-order valence-electron chi connectivity index (χ3n) is 4.59. The first-order valence-corrected chi connectivity index (χ1v) is 8.44. The summed E-state index contributed by atoms with van der Waals surface area (Å²) in [6.45, 7) is 6.12. The zero-order valence-electron chi connectivity index (χ0n) is 14.3. The zero-order chi connectivity index (χ0) is 17.4. The second-order valence-corrected chi connectivity index (χ2v) is 6.39. The minimum atomic E-state index is -0.0645. The van der Waals surface area contributed by atoms with Crippen LogP contribution in [0.1, 0.15) is 23.1 Å². The summed E-state index contributed by atoms with van der Waals surface area (Å²) in [5, 5.41) is 12.8. The smallest absolute Gasteiger partial charge is 0.276 e. The second-order valence-electron chi connectivity index (χ2n) is 6.39. The van der Waals surface area contributed by atoms with E-state index in [1.165, 1.54) is 0 Å². The van der Waals surface area contributed by atoms with Crippen molar-refractivity contribution in [3.63, 3.8) is 0 Å². The van der Waals surface area contributed by atoms with Gasteiger partial charge in [0.2, 0.25) is 0 Å². The molecule has 0 bridgehead atoms. The van der Waals surface area contributed by atoms with E-state index in [0.717, 1.165) is 28.8 Å². The number of nitrogens with zero attached hydrogens (tertiary/aromatic N) is 5. The van der Waals surface area contributed by atoms with Gasteiger partial charge in [-0.2, -0.15) is 0 Å². The lowest BCUT2D eigenvalue weighted by Gasteiger charge is -2.31. The van der Waals surface area contributed by atoms with E-state index in [9.17, 15) is 4.79 Å². The lowest BCUT2D eigenvalue weighted by molar-refractivity contribution is 0.0702. The van der Waals surface area contributed by atoms with Crippen molar-refractivity contribution in [3.8, 4) is 5.69 Å². The summed E-state index contributed by atoms with van der Waals surface area (Å²) >= 11 is 0. The number of nitrogens with one attached hydrogen (secondary N) is 1. The molecule has 1 aromatic carbocycles. The topological polar surface area (TPSA) is 75.9 Å². The minimum absolute atomic E-state index is 0.0645. The summed E-state index contributed by atoms with van der Waals surface area (Å²) in [5.74, 6) is -0.0645. The molecule has 1 N–H and O–H groups in total. The van der Waals surface area contributed by atoms with Gasteiger partial charge in [-0.05, 0) is 26.0 Å². The van der Waals surface area contributed by atoms with Crippen molar-refractivity contribution in [3.05, 3.63) is 47.9 Å². The van der Waals surface area contributed by atoms with E-state index in [1.54, 1.807) is 10.9 Å². The minimum Gasteiger partial charge on any atom is -0.334 e. The number of amides is 1. The molecule has 25 heavy (non-hydrogen) atoms. The number of benzene rings is 1. The monoisotopic (exact) mass is 336 g/mol. The molecule has 1 atom stereocenters. The van der Waals surface area contributed by atoms with Gasteiger partial charge in [0, 0.05) is 37.3 Å². The maximum absolute atomic E-state index is 12.8. The average Bonchev–Trinajstić information content (AvgIpc) is 3.02. The van der Waals surface area contributed by atoms with Gasteiger partial charge in [-0.3, -0.25) is 9.78 Å². The molecule has 0 radical (unpaired) electrons. The van der Waals surface area contributed by atoms with Crippen LogP contribution in [0.4, 0.5) is 0 Å². The highest BCUT2D eigenvalue weighted by atomic mass is 16.2. The van der Waals surface area contributed by atoms with Crippen molar-refractivity contribution in [2.24, 2.45) is 0 Å². The molecule has 128 valence electrons. The second kappa shape index (κ2) is 6.25. The van der Waals surface area contributed by atoms with Crippen LogP contribution in [0.15, 0.2) is 36.5 Å². The first kappa shape index (κ1) is 15.7. The number of carbonyl (C=O) groups is 1. The first-order valence-electron chi connectivity index (χ1n) is 8.44. The molecule has 0 saturated carbocycles. The third-order valence-corrected chi connectivity index (χ3v) is 4.59. The Labute approximate surface area is 145 Å². The highest BCUT2D eigenvalue weighted by molar-refractivity contribution is 5.94. The van der Waals surface area contributed by atoms with Crippen LogP contribution in [0, 0.1) is 6.92 Å². The van der Waals surface area contributed by atoms with Gasteiger partial charge < -0.3 is 10.2 Å². The number of hydrogen-bond acceptors (Lipinski definition) is 5. The third kappa shape index (κ3) is 2.76. The Hall–Kier alpha value is -2.80. The van der Waals surface area contributed by atoms with Crippen molar-refractivity contribution < 1.29 is 4.79 Å². The maximum atomic E-state index is 12.8. The summed E-state index contributed by atoms with van der Waals surface area (Å²) in [4.78, 5) is 19.1. The summed E-state index contributed by atoms with van der Waals surface area (Å²) < 4.78 is 1.70. The van der Waals surface area contributed by atoms with Crippen molar-refractivity contribution in [1.82, 2.24) is 30.2 Å². The van der Waals surface area contributed by atoms with Crippen LogP contribution in [-0.2, 0) is 0 Å². The Morgan fingerprint density at radius 1 is 1.28 bits per heavy atom. The SMILES string of the molecule is Cc1c(C(=O)N2CCNC(C)C2)nnn1-c1cccc2cccnc12. The summed E-state index contributed by atoms with van der Waals surface area (Å²) in [6.07, 6.45) is 1.76. The van der Waals surface area contributed by atoms with Gasteiger partial charge in [0.25, 0.3) is 5.91 Å². The zero-order valence-corrected chi connectivity index (χ0v) is 14.3. The molecular weight excluding hydrogens is 316 g/mol. The Balaban J connectivity index is 1.72. The summed E-state index contributed by atoms with van der Waals surface area (Å²) in [7, 11) is 0. The van der Waals surface area contributed by atoms with Crippen molar-refractivity contribution >= 4 is 16.8 Å². The van der Waals surface area contributed by atoms with E-state index in [-0.39, 0.29) is 11.9 Å². The molecule has 7 heteroatoms. The molecule has 1 unspecified atom stereocenters.